The van der Waals surface area contributed by atoms with Crippen LogP contribution in [-0.2, 0) is 17.6 Å². The smallest absolute Gasteiger partial charge is 0.335 e. The minimum Gasteiger partial charge on any atom is -0.478 e. The highest BCUT2D eigenvalue weighted by Crippen LogP contribution is 2.18. The molecule has 0 bridgehead atoms. The van der Waals surface area contributed by atoms with E-state index in [1.807, 2.05) is 25.1 Å². The summed E-state index contributed by atoms with van der Waals surface area (Å²) >= 11 is 0. The van der Waals surface area contributed by atoms with E-state index in [0.29, 0.717) is 30.8 Å². The van der Waals surface area contributed by atoms with Gasteiger partial charge < -0.3 is 14.8 Å². The van der Waals surface area contributed by atoms with Crippen molar-refractivity contribution in [1.29, 1.82) is 0 Å². The van der Waals surface area contributed by atoms with Crippen LogP contribution in [-0.4, -0.2) is 28.5 Å². The second kappa shape index (κ2) is 7.82. The van der Waals surface area contributed by atoms with Crippen LogP contribution in [0.2, 0.25) is 0 Å². The van der Waals surface area contributed by atoms with Crippen molar-refractivity contribution in [2.24, 2.45) is 0 Å². The number of nitrogens with one attached hydrogen (secondary N) is 1. The molecule has 0 aliphatic rings. The Kier molecular flexibility index (Phi) is 5.31. The summed E-state index contributed by atoms with van der Waals surface area (Å²) in [4.78, 5) is 27.6. The Morgan fingerprint density at radius 2 is 1.92 bits per heavy atom. The summed E-state index contributed by atoms with van der Waals surface area (Å²) < 4.78 is 5.67. The normalized spacial score (nSPS) is 10.8. The number of aryl methyl sites for hydroxylation is 2. The van der Waals surface area contributed by atoms with Gasteiger partial charge in [-0.2, -0.15) is 0 Å². The molecule has 134 valence electrons. The van der Waals surface area contributed by atoms with E-state index < -0.39 is 5.97 Å². The Morgan fingerprint density at radius 1 is 1.12 bits per heavy atom. The first-order chi connectivity index (χ1) is 12.5. The zero-order chi connectivity index (χ0) is 18.5. The molecular formula is C20H20N2O4. The van der Waals surface area contributed by atoms with Gasteiger partial charge in [-0.25, -0.2) is 9.78 Å². The fraction of sp³-hybridized carbons (Fsp3) is 0.250. The van der Waals surface area contributed by atoms with Crippen LogP contribution in [0.3, 0.4) is 0 Å². The number of hydrogen-bond donors (Lipinski definition) is 2. The van der Waals surface area contributed by atoms with E-state index in [-0.39, 0.29) is 17.9 Å². The van der Waals surface area contributed by atoms with Gasteiger partial charge in [-0.05, 0) is 36.6 Å². The maximum absolute atomic E-state index is 12.0. The highest BCUT2D eigenvalue weighted by atomic mass is 16.4. The number of aromatic nitrogens is 1. The predicted molar refractivity (Wildman–Crippen MR) is 97.2 cm³/mol. The summed E-state index contributed by atoms with van der Waals surface area (Å²) in [6.45, 7) is 2.40. The number of amides is 1. The first-order valence-electron chi connectivity index (χ1n) is 8.47. The molecule has 1 heterocycles. The maximum Gasteiger partial charge on any atom is 0.335 e. The maximum atomic E-state index is 12.0. The fourth-order valence-corrected chi connectivity index (χ4v) is 2.83. The molecule has 1 aromatic heterocycles. The summed E-state index contributed by atoms with van der Waals surface area (Å²) in [5.74, 6) is -0.518. The third-order valence-corrected chi connectivity index (χ3v) is 4.20. The van der Waals surface area contributed by atoms with Crippen molar-refractivity contribution in [2.45, 2.75) is 26.2 Å². The number of carboxylic acid groups (broad SMARTS) is 1. The SMILES string of the molecule is Cc1cccc2oc(CCNC(=O)CCc3ccccc3C(=O)O)nc12. The van der Waals surface area contributed by atoms with Crippen LogP contribution >= 0.6 is 0 Å². The molecule has 0 saturated heterocycles. The van der Waals surface area contributed by atoms with Crippen molar-refractivity contribution in [1.82, 2.24) is 10.3 Å². The van der Waals surface area contributed by atoms with Crippen LogP contribution in [0, 0.1) is 6.92 Å². The lowest BCUT2D eigenvalue weighted by molar-refractivity contribution is -0.121. The van der Waals surface area contributed by atoms with Crippen molar-refractivity contribution >= 4 is 23.0 Å². The van der Waals surface area contributed by atoms with Gasteiger partial charge in [0.2, 0.25) is 5.91 Å². The molecule has 0 unspecified atom stereocenters. The van der Waals surface area contributed by atoms with Gasteiger partial charge in [-0.3, -0.25) is 4.79 Å². The molecule has 3 aromatic rings. The van der Waals surface area contributed by atoms with E-state index in [9.17, 15) is 9.59 Å². The van der Waals surface area contributed by atoms with Crippen molar-refractivity contribution in [2.75, 3.05) is 6.54 Å². The summed E-state index contributed by atoms with van der Waals surface area (Å²) in [7, 11) is 0. The van der Waals surface area contributed by atoms with Crippen LogP contribution in [0.25, 0.3) is 11.1 Å². The number of aromatic carboxylic acids is 1. The van der Waals surface area contributed by atoms with Gasteiger partial charge in [-0.1, -0.05) is 30.3 Å². The standard InChI is InChI=1S/C20H20N2O4/c1-13-5-4-8-16-19(13)22-18(26-16)11-12-21-17(23)10-9-14-6-2-3-7-15(14)20(24)25/h2-8H,9-12H2,1H3,(H,21,23)(H,24,25). The summed E-state index contributed by atoms with van der Waals surface area (Å²) in [5, 5.41) is 12.0. The predicted octanol–water partition coefficient (Wildman–Crippen LogP) is 3.13. The van der Waals surface area contributed by atoms with Gasteiger partial charge in [-0.15, -0.1) is 0 Å². The molecule has 6 nitrogen and oxygen atoms in total. The molecule has 2 N–H and O–H groups in total. The van der Waals surface area contributed by atoms with Crippen LogP contribution in [0.1, 0.15) is 33.8 Å². The summed E-state index contributed by atoms with van der Waals surface area (Å²) in [6, 6.07) is 12.5. The number of benzene rings is 2. The molecule has 0 spiro atoms. The fourth-order valence-electron chi connectivity index (χ4n) is 2.83. The molecule has 1 amide bonds. The molecule has 2 aromatic carbocycles. The van der Waals surface area contributed by atoms with Gasteiger partial charge in [0.1, 0.15) is 5.52 Å². The number of fused-ring (bicyclic) bond motifs is 1. The molecule has 0 saturated carbocycles. The lowest BCUT2D eigenvalue weighted by Gasteiger charge is -2.06. The summed E-state index contributed by atoms with van der Waals surface area (Å²) in [5.41, 5.74) is 3.54. The Labute approximate surface area is 150 Å². The largest absolute Gasteiger partial charge is 0.478 e. The van der Waals surface area contributed by atoms with Crippen molar-refractivity contribution < 1.29 is 19.1 Å². The average molecular weight is 352 g/mol. The van der Waals surface area contributed by atoms with Crippen LogP contribution in [0.5, 0.6) is 0 Å². The number of carbonyl (C=O) groups excluding carboxylic acids is 1. The quantitative estimate of drug-likeness (QED) is 0.681. The Hall–Kier alpha value is -3.15. The lowest BCUT2D eigenvalue weighted by Crippen LogP contribution is -2.26. The number of hydrogen-bond acceptors (Lipinski definition) is 4. The van der Waals surface area contributed by atoms with Crippen LogP contribution in [0.4, 0.5) is 0 Å². The number of rotatable bonds is 7. The Bertz CT molecular complexity index is 946. The minimum atomic E-state index is -0.979. The Morgan fingerprint density at radius 3 is 2.69 bits per heavy atom. The molecule has 0 fully saturated rings. The van der Waals surface area contributed by atoms with E-state index in [2.05, 4.69) is 10.3 Å². The van der Waals surface area contributed by atoms with E-state index in [0.717, 1.165) is 16.7 Å². The number of carbonyl (C=O) groups is 2. The molecule has 0 atom stereocenters. The van der Waals surface area contributed by atoms with Crippen LogP contribution < -0.4 is 5.32 Å². The minimum absolute atomic E-state index is 0.127. The Balaban J connectivity index is 1.50. The molecule has 6 heteroatoms. The number of carboxylic acids is 1. The first kappa shape index (κ1) is 17.7. The van der Waals surface area contributed by atoms with Crippen LogP contribution in [0.15, 0.2) is 46.9 Å². The number of para-hydroxylation sites is 1. The van der Waals surface area contributed by atoms with Gasteiger partial charge in [0.15, 0.2) is 11.5 Å². The monoisotopic (exact) mass is 352 g/mol. The highest BCUT2D eigenvalue weighted by Gasteiger charge is 2.11. The number of nitrogens with zero attached hydrogens (tertiary/aromatic N) is 1. The molecule has 0 aliphatic carbocycles. The van der Waals surface area contributed by atoms with Crippen molar-refractivity contribution in [3.63, 3.8) is 0 Å². The van der Waals surface area contributed by atoms with Crippen molar-refractivity contribution in [3.8, 4) is 0 Å². The van der Waals surface area contributed by atoms with Gasteiger partial charge in [0, 0.05) is 19.4 Å². The molecule has 0 aliphatic heterocycles. The van der Waals surface area contributed by atoms with E-state index in [4.69, 9.17) is 9.52 Å². The van der Waals surface area contributed by atoms with Gasteiger partial charge >= 0.3 is 5.97 Å². The number of oxazole rings is 1. The second-order valence-corrected chi connectivity index (χ2v) is 6.09. The lowest BCUT2D eigenvalue weighted by atomic mass is 10.0. The highest BCUT2D eigenvalue weighted by molar-refractivity contribution is 5.89. The van der Waals surface area contributed by atoms with Crippen molar-refractivity contribution in [3.05, 3.63) is 65.0 Å². The average Bonchev–Trinajstić information content (AvgIpc) is 3.04. The van der Waals surface area contributed by atoms with E-state index >= 15 is 0 Å². The molecular weight excluding hydrogens is 332 g/mol. The summed E-state index contributed by atoms with van der Waals surface area (Å²) in [6.07, 6.45) is 1.12. The third-order valence-electron chi connectivity index (χ3n) is 4.20. The first-order valence-corrected chi connectivity index (χ1v) is 8.47. The van der Waals surface area contributed by atoms with E-state index in [1.165, 1.54) is 0 Å². The zero-order valence-corrected chi connectivity index (χ0v) is 14.5. The molecule has 26 heavy (non-hydrogen) atoms. The van der Waals surface area contributed by atoms with Gasteiger partial charge in [0.25, 0.3) is 0 Å². The third kappa shape index (κ3) is 4.08. The second-order valence-electron chi connectivity index (χ2n) is 6.09. The topological polar surface area (TPSA) is 92.4 Å². The van der Waals surface area contributed by atoms with E-state index in [1.54, 1.807) is 24.3 Å². The molecule has 3 rings (SSSR count). The molecule has 0 radical (unpaired) electrons. The van der Waals surface area contributed by atoms with Gasteiger partial charge in [0.05, 0.1) is 5.56 Å². The zero-order valence-electron chi connectivity index (χ0n) is 14.5.